The van der Waals surface area contributed by atoms with Crippen molar-refractivity contribution >= 4 is 28.3 Å². The minimum Gasteiger partial charge on any atom is -0.366 e. The summed E-state index contributed by atoms with van der Waals surface area (Å²) in [5.74, 6) is -0.252. The van der Waals surface area contributed by atoms with Crippen LogP contribution >= 0.6 is 12.4 Å². The Morgan fingerprint density at radius 2 is 2.00 bits per heavy atom. The van der Waals surface area contributed by atoms with E-state index in [1.165, 1.54) is 6.07 Å². The molecule has 1 amide bonds. The highest BCUT2D eigenvalue weighted by Crippen LogP contribution is 2.17. The van der Waals surface area contributed by atoms with E-state index in [0.717, 1.165) is 6.54 Å². The van der Waals surface area contributed by atoms with Gasteiger partial charge in [-0.15, -0.1) is 12.4 Å². The van der Waals surface area contributed by atoms with Crippen molar-refractivity contribution < 1.29 is 17.9 Å². The van der Waals surface area contributed by atoms with Gasteiger partial charge in [-0.2, -0.15) is 0 Å². The predicted octanol–water partition coefficient (Wildman–Crippen LogP) is 0.790. The van der Waals surface area contributed by atoms with Gasteiger partial charge in [0.25, 0.3) is 5.91 Å². The number of ether oxygens (including phenoxy) is 1. The van der Waals surface area contributed by atoms with Crippen LogP contribution < -0.4 is 15.4 Å². The fourth-order valence-corrected chi connectivity index (χ4v) is 4.06. The fourth-order valence-electron chi connectivity index (χ4n) is 2.40. The van der Waals surface area contributed by atoms with Crippen LogP contribution in [-0.4, -0.2) is 45.7 Å². The van der Waals surface area contributed by atoms with Crippen molar-refractivity contribution in [2.24, 2.45) is 0 Å². The highest BCUT2D eigenvalue weighted by Gasteiger charge is 2.25. The second-order valence-corrected chi connectivity index (χ2v) is 8.40. The third-order valence-corrected chi connectivity index (χ3v) is 5.23. The molecule has 1 atom stereocenters. The maximum absolute atomic E-state index is 12.6. The molecular weight excluding hydrogens is 366 g/mol. The molecule has 0 radical (unpaired) electrons. The lowest BCUT2D eigenvalue weighted by atomic mass is 10.1. The number of halogens is 1. The summed E-state index contributed by atoms with van der Waals surface area (Å²) in [5, 5.41) is 5.83. The minimum atomic E-state index is -3.67. The van der Waals surface area contributed by atoms with Gasteiger partial charge >= 0.3 is 0 Å². The summed E-state index contributed by atoms with van der Waals surface area (Å²) in [5.41, 5.74) is -0.0528. The first-order chi connectivity index (χ1) is 11.2. The Morgan fingerprint density at radius 3 is 2.60 bits per heavy atom. The maximum atomic E-state index is 12.6. The van der Waals surface area contributed by atoms with E-state index in [1.54, 1.807) is 39.0 Å². The maximum Gasteiger partial charge on any atom is 0.250 e. The molecule has 1 unspecified atom stereocenters. The number of nitrogens with one attached hydrogen (secondary N) is 3. The molecule has 1 fully saturated rings. The molecule has 9 heteroatoms. The quantitative estimate of drug-likeness (QED) is 0.689. The Kier molecular flexibility index (Phi) is 7.83. The molecule has 1 aliphatic rings. The molecule has 0 saturated carbocycles. The first-order valence-electron chi connectivity index (χ1n) is 7.91. The zero-order valence-electron chi connectivity index (χ0n) is 14.7. The molecule has 0 aliphatic carbocycles. The lowest BCUT2D eigenvalue weighted by Gasteiger charge is -2.23. The van der Waals surface area contributed by atoms with Crippen molar-refractivity contribution in [3.63, 3.8) is 0 Å². The molecule has 0 spiro atoms. The van der Waals surface area contributed by atoms with E-state index in [0.29, 0.717) is 18.7 Å². The van der Waals surface area contributed by atoms with E-state index in [-0.39, 0.29) is 29.8 Å². The van der Waals surface area contributed by atoms with Crippen molar-refractivity contribution in [1.29, 1.82) is 0 Å². The summed E-state index contributed by atoms with van der Waals surface area (Å²) in [6.07, 6.45) is -0.546. The minimum absolute atomic E-state index is 0. The van der Waals surface area contributed by atoms with Crippen molar-refractivity contribution in [2.45, 2.75) is 43.9 Å². The third kappa shape index (κ3) is 6.56. The molecule has 1 saturated heterocycles. The lowest BCUT2D eigenvalue weighted by Crippen LogP contribution is -2.47. The predicted molar refractivity (Wildman–Crippen MR) is 98.2 cm³/mol. The van der Waals surface area contributed by atoms with Gasteiger partial charge in [0.2, 0.25) is 10.0 Å². The molecule has 1 aromatic carbocycles. The summed E-state index contributed by atoms with van der Waals surface area (Å²) in [7, 11) is -3.67. The molecule has 0 bridgehead atoms. The van der Waals surface area contributed by atoms with Crippen LogP contribution in [0.4, 0.5) is 0 Å². The van der Waals surface area contributed by atoms with Gasteiger partial charge in [0.15, 0.2) is 0 Å². The van der Waals surface area contributed by atoms with Crippen molar-refractivity contribution in [3.05, 3.63) is 29.8 Å². The number of carbonyl (C=O) groups is 1. The Bertz CT molecular complexity index is 683. The number of hydrogen-bond donors (Lipinski definition) is 3. The fraction of sp³-hybridized carbons (Fsp3) is 0.562. The standard InChI is InChI=1S/C16H25N3O4S.ClH/c1-16(2,3)19-24(21,22)14-7-5-4-6-12(14)10-18-15(20)13-11-17-8-9-23-13;/h4-7,13,17,19H,8-11H2,1-3H3,(H,18,20);1H. The van der Waals surface area contributed by atoms with E-state index >= 15 is 0 Å². The van der Waals surface area contributed by atoms with Gasteiger partial charge in [-0.05, 0) is 32.4 Å². The average Bonchev–Trinajstić information content (AvgIpc) is 2.51. The molecule has 1 aromatic rings. The summed E-state index contributed by atoms with van der Waals surface area (Å²) >= 11 is 0. The first-order valence-corrected chi connectivity index (χ1v) is 9.39. The zero-order chi connectivity index (χ0) is 17.8. The molecule has 2 rings (SSSR count). The Balaban J connectivity index is 0.00000312. The second kappa shape index (κ2) is 8.95. The molecular formula is C16H26ClN3O4S. The van der Waals surface area contributed by atoms with Crippen LogP contribution in [0.1, 0.15) is 26.3 Å². The van der Waals surface area contributed by atoms with Crippen LogP contribution in [0.25, 0.3) is 0 Å². The second-order valence-electron chi connectivity index (χ2n) is 6.74. The van der Waals surface area contributed by atoms with Crippen LogP contribution in [0, 0.1) is 0 Å². The number of sulfonamides is 1. The van der Waals surface area contributed by atoms with Gasteiger partial charge < -0.3 is 15.4 Å². The summed E-state index contributed by atoms with van der Waals surface area (Å²) in [6, 6.07) is 6.64. The molecule has 25 heavy (non-hydrogen) atoms. The Hall–Kier alpha value is -1.19. The van der Waals surface area contributed by atoms with Gasteiger partial charge in [-0.25, -0.2) is 13.1 Å². The van der Waals surface area contributed by atoms with Crippen LogP contribution in [0.5, 0.6) is 0 Å². The molecule has 0 aromatic heterocycles. The molecule has 142 valence electrons. The number of morpholine rings is 1. The van der Waals surface area contributed by atoms with Crippen LogP contribution in [0.15, 0.2) is 29.2 Å². The van der Waals surface area contributed by atoms with E-state index in [2.05, 4.69) is 15.4 Å². The largest absolute Gasteiger partial charge is 0.366 e. The number of hydrogen-bond acceptors (Lipinski definition) is 5. The molecule has 1 aliphatic heterocycles. The third-order valence-electron chi connectivity index (χ3n) is 3.38. The number of amides is 1. The summed E-state index contributed by atoms with van der Waals surface area (Å²) in [4.78, 5) is 12.3. The van der Waals surface area contributed by atoms with Gasteiger partial charge in [0.05, 0.1) is 11.5 Å². The highest BCUT2D eigenvalue weighted by atomic mass is 35.5. The zero-order valence-corrected chi connectivity index (χ0v) is 16.3. The van der Waals surface area contributed by atoms with E-state index in [4.69, 9.17) is 4.74 Å². The lowest BCUT2D eigenvalue weighted by molar-refractivity contribution is -0.134. The van der Waals surface area contributed by atoms with Gasteiger partial charge in [0.1, 0.15) is 6.10 Å². The van der Waals surface area contributed by atoms with Gasteiger partial charge in [-0.1, -0.05) is 18.2 Å². The van der Waals surface area contributed by atoms with Gasteiger partial charge in [-0.3, -0.25) is 4.79 Å². The van der Waals surface area contributed by atoms with Crippen LogP contribution in [-0.2, 0) is 26.1 Å². The molecule has 1 heterocycles. The smallest absolute Gasteiger partial charge is 0.250 e. The van der Waals surface area contributed by atoms with Crippen molar-refractivity contribution in [2.75, 3.05) is 19.7 Å². The summed E-state index contributed by atoms with van der Waals surface area (Å²) < 4.78 is 33.1. The summed E-state index contributed by atoms with van der Waals surface area (Å²) in [6.45, 7) is 7.13. The topological polar surface area (TPSA) is 96.5 Å². The van der Waals surface area contributed by atoms with Crippen LogP contribution in [0.3, 0.4) is 0 Å². The van der Waals surface area contributed by atoms with Crippen molar-refractivity contribution in [1.82, 2.24) is 15.4 Å². The normalized spacial score (nSPS) is 18.3. The number of carbonyl (C=O) groups excluding carboxylic acids is 1. The monoisotopic (exact) mass is 391 g/mol. The van der Waals surface area contributed by atoms with Crippen molar-refractivity contribution in [3.8, 4) is 0 Å². The van der Waals surface area contributed by atoms with E-state index < -0.39 is 21.7 Å². The van der Waals surface area contributed by atoms with Crippen LogP contribution in [0.2, 0.25) is 0 Å². The number of rotatable bonds is 5. The van der Waals surface area contributed by atoms with E-state index in [9.17, 15) is 13.2 Å². The molecule has 3 N–H and O–H groups in total. The highest BCUT2D eigenvalue weighted by molar-refractivity contribution is 7.89. The Labute approximate surface area is 155 Å². The SMILES string of the molecule is CC(C)(C)NS(=O)(=O)c1ccccc1CNC(=O)C1CNCCO1.Cl. The average molecular weight is 392 g/mol. The first kappa shape index (κ1) is 21.9. The van der Waals surface area contributed by atoms with E-state index in [1.807, 2.05) is 0 Å². The Morgan fingerprint density at radius 1 is 1.32 bits per heavy atom. The molecule has 7 nitrogen and oxygen atoms in total. The number of benzene rings is 1. The van der Waals surface area contributed by atoms with Gasteiger partial charge in [0, 0.05) is 25.2 Å².